The SMILES string of the molecule is Nc1cccc(Cl)c1S(=O)(=O)CCC1CCCO1. The molecule has 0 bridgehead atoms. The van der Waals surface area contributed by atoms with E-state index in [-0.39, 0.29) is 27.5 Å². The van der Waals surface area contributed by atoms with E-state index in [1.54, 1.807) is 12.1 Å². The Morgan fingerprint density at radius 3 is 2.83 bits per heavy atom. The summed E-state index contributed by atoms with van der Waals surface area (Å²) in [5.41, 5.74) is 5.90. The molecule has 1 saturated heterocycles. The van der Waals surface area contributed by atoms with E-state index in [1.165, 1.54) is 6.07 Å². The lowest BCUT2D eigenvalue weighted by Crippen LogP contribution is -2.16. The lowest BCUT2D eigenvalue weighted by molar-refractivity contribution is 0.109. The maximum atomic E-state index is 12.2. The molecule has 0 saturated carbocycles. The lowest BCUT2D eigenvalue weighted by atomic mass is 10.2. The first-order valence-corrected chi connectivity index (χ1v) is 7.92. The monoisotopic (exact) mass is 289 g/mol. The molecule has 1 atom stereocenters. The minimum Gasteiger partial charge on any atom is -0.398 e. The fourth-order valence-corrected chi connectivity index (χ4v) is 4.22. The topological polar surface area (TPSA) is 69.4 Å². The van der Waals surface area contributed by atoms with E-state index in [1.807, 2.05) is 0 Å². The molecule has 0 spiro atoms. The Morgan fingerprint density at radius 2 is 2.22 bits per heavy atom. The highest BCUT2D eigenvalue weighted by molar-refractivity contribution is 7.91. The van der Waals surface area contributed by atoms with Gasteiger partial charge in [0, 0.05) is 6.61 Å². The van der Waals surface area contributed by atoms with E-state index in [2.05, 4.69) is 0 Å². The van der Waals surface area contributed by atoms with E-state index in [4.69, 9.17) is 22.1 Å². The molecule has 0 radical (unpaired) electrons. The van der Waals surface area contributed by atoms with Crippen molar-refractivity contribution in [3.63, 3.8) is 0 Å². The molecule has 1 aromatic carbocycles. The molecule has 0 amide bonds. The highest BCUT2D eigenvalue weighted by Crippen LogP contribution is 2.29. The molecule has 18 heavy (non-hydrogen) atoms. The maximum absolute atomic E-state index is 12.2. The van der Waals surface area contributed by atoms with E-state index in [0.717, 1.165) is 19.4 Å². The van der Waals surface area contributed by atoms with Crippen molar-refractivity contribution in [3.05, 3.63) is 23.2 Å². The van der Waals surface area contributed by atoms with Crippen LogP contribution in [0.3, 0.4) is 0 Å². The first-order chi connectivity index (χ1) is 8.50. The number of anilines is 1. The fraction of sp³-hybridized carbons (Fsp3) is 0.500. The van der Waals surface area contributed by atoms with Gasteiger partial charge in [-0.1, -0.05) is 17.7 Å². The predicted molar refractivity (Wildman–Crippen MR) is 71.5 cm³/mol. The van der Waals surface area contributed by atoms with E-state index in [9.17, 15) is 8.42 Å². The Labute approximate surface area is 112 Å². The molecule has 100 valence electrons. The molecule has 1 fully saturated rings. The maximum Gasteiger partial charge on any atom is 0.181 e. The summed E-state index contributed by atoms with van der Waals surface area (Å²) in [4.78, 5) is 0.0460. The van der Waals surface area contributed by atoms with Gasteiger partial charge in [0.1, 0.15) is 4.90 Å². The molecule has 1 heterocycles. The third kappa shape index (κ3) is 2.96. The van der Waals surface area contributed by atoms with Crippen LogP contribution in [0.1, 0.15) is 19.3 Å². The van der Waals surface area contributed by atoms with Gasteiger partial charge in [0.15, 0.2) is 9.84 Å². The van der Waals surface area contributed by atoms with Crippen LogP contribution >= 0.6 is 11.6 Å². The summed E-state index contributed by atoms with van der Waals surface area (Å²) in [7, 11) is -3.45. The van der Waals surface area contributed by atoms with Crippen molar-refractivity contribution >= 4 is 27.1 Å². The number of hydrogen-bond donors (Lipinski definition) is 1. The van der Waals surface area contributed by atoms with Crippen LogP contribution in [0.4, 0.5) is 5.69 Å². The molecule has 1 unspecified atom stereocenters. The Bertz CT molecular complexity index is 504. The Balaban J connectivity index is 2.15. The summed E-state index contributed by atoms with van der Waals surface area (Å²) in [5, 5.41) is 0.183. The molecular formula is C12H16ClNO3S. The average molecular weight is 290 g/mol. The quantitative estimate of drug-likeness (QED) is 0.863. The van der Waals surface area contributed by atoms with Crippen molar-refractivity contribution in [3.8, 4) is 0 Å². The Morgan fingerprint density at radius 1 is 1.44 bits per heavy atom. The summed E-state index contributed by atoms with van der Waals surface area (Å²) in [6, 6.07) is 4.72. The van der Waals surface area contributed by atoms with Gasteiger partial charge >= 0.3 is 0 Å². The number of hydrogen-bond acceptors (Lipinski definition) is 4. The number of nitrogens with two attached hydrogens (primary N) is 1. The molecule has 2 N–H and O–H groups in total. The number of nitrogen functional groups attached to an aromatic ring is 1. The number of benzene rings is 1. The van der Waals surface area contributed by atoms with Crippen LogP contribution in [-0.2, 0) is 14.6 Å². The van der Waals surface area contributed by atoms with Gasteiger partial charge in [-0.05, 0) is 31.4 Å². The molecule has 1 aliphatic heterocycles. The van der Waals surface area contributed by atoms with Gasteiger partial charge in [-0.15, -0.1) is 0 Å². The molecule has 1 aromatic rings. The van der Waals surface area contributed by atoms with Crippen LogP contribution in [0.15, 0.2) is 23.1 Å². The van der Waals surface area contributed by atoms with Crippen molar-refractivity contribution in [2.24, 2.45) is 0 Å². The summed E-state index contributed by atoms with van der Waals surface area (Å²) in [6.45, 7) is 0.721. The molecule has 0 aliphatic carbocycles. The van der Waals surface area contributed by atoms with Crippen LogP contribution in [0.25, 0.3) is 0 Å². The standard InChI is InChI=1S/C12H16ClNO3S/c13-10-4-1-5-11(14)12(10)18(15,16)8-6-9-3-2-7-17-9/h1,4-5,9H,2-3,6-8,14H2. The number of sulfone groups is 1. The number of rotatable bonds is 4. The van der Waals surface area contributed by atoms with Crippen LogP contribution in [-0.4, -0.2) is 26.9 Å². The molecule has 4 nitrogen and oxygen atoms in total. The van der Waals surface area contributed by atoms with Gasteiger partial charge in [-0.3, -0.25) is 0 Å². The number of halogens is 1. The van der Waals surface area contributed by atoms with Crippen LogP contribution in [0.5, 0.6) is 0 Å². The van der Waals surface area contributed by atoms with Crippen molar-refractivity contribution in [1.82, 2.24) is 0 Å². The van der Waals surface area contributed by atoms with Gasteiger partial charge in [0.25, 0.3) is 0 Å². The molecule has 0 aromatic heterocycles. The third-order valence-corrected chi connectivity index (χ3v) is 5.32. The summed E-state index contributed by atoms with van der Waals surface area (Å²) < 4.78 is 29.8. The zero-order valence-electron chi connectivity index (χ0n) is 9.93. The number of ether oxygens (including phenoxy) is 1. The smallest absolute Gasteiger partial charge is 0.181 e. The van der Waals surface area contributed by atoms with Gasteiger partial charge in [-0.25, -0.2) is 8.42 Å². The highest BCUT2D eigenvalue weighted by Gasteiger charge is 2.24. The highest BCUT2D eigenvalue weighted by atomic mass is 35.5. The van der Waals surface area contributed by atoms with E-state index in [0.29, 0.717) is 6.42 Å². The van der Waals surface area contributed by atoms with Crippen molar-refractivity contribution in [2.75, 3.05) is 18.1 Å². The van der Waals surface area contributed by atoms with Gasteiger partial charge in [0.05, 0.1) is 22.6 Å². The minimum atomic E-state index is -3.45. The molecular weight excluding hydrogens is 274 g/mol. The third-order valence-electron chi connectivity index (χ3n) is 3.04. The fourth-order valence-electron chi connectivity index (χ4n) is 2.11. The second kappa shape index (κ2) is 5.47. The minimum absolute atomic E-state index is 0.0194. The largest absolute Gasteiger partial charge is 0.398 e. The summed E-state index contributed by atoms with van der Waals surface area (Å²) >= 11 is 5.92. The van der Waals surface area contributed by atoms with Crippen molar-refractivity contribution < 1.29 is 13.2 Å². The lowest BCUT2D eigenvalue weighted by Gasteiger charge is -2.12. The van der Waals surface area contributed by atoms with Gasteiger partial charge < -0.3 is 10.5 Å². The van der Waals surface area contributed by atoms with Gasteiger partial charge in [-0.2, -0.15) is 0 Å². The van der Waals surface area contributed by atoms with Gasteiger partial charge in [0.2, 0.25) is 0 Å². The molecule has 2 rings (SSSR count). The summed E-state index contributed by atoms with van der Waals surface area (Å²) in [5.74, 6) is 0.0194. The average Bonchev–Trinajstić information content (AvgIpc) is 2.78. The van der Waals surface area contributed by atoms with E-state index >= 15 is 0 Å². The first-order valence-electron chi connectivity index (χ1n) is 5.89. The zero-order valence-corrected chi connectivity index (χ0v) is 11.5. The summed E-state index contributed by atoms with van der Waals surface area (Å²) in [6.07, 6.45) is 2.46. The van der Waals surface area contributed by atoms with E-state index < -0.39 is 9.84 Å². The van der Waals surface area contributed by atoms with Crippen LogP contribution in [0, 0.1) is 0 Å². The Kier molecular flexibility index (Phi) is 4.14. The second-order valence-corrected chi connectivity index (χ2v) is 6.85. The molecule has 1 aliphatic rings. The van der Waals surface area contributed by atoms with Crippen molar-refractivity contribution in [1.29, 1.82) is 0 Å². The zero-order chi connectivity index (χ0) is 13.2. The predicted octanol–water partition coefficient (Wildman–Crippen LogP) is 2.27. The second-order valence-electron chi connectivity index (χ2n) is 4.40. The normalized spacial score (nSPS) is 20.2. The Hall–Kier alpha value is -0.780. The first kappa shape index (κ1) is 13.6. The van der Waals surface area contributed by atoms with Crippen LogP contribution < -0.4 is 5.73 Å². The molecule has 6 heteroatoms. The van der Waals surface area contributed by atoms with Crippen LogP contribution in [0.2, 0.25) is 5.02 Å². The van der Waals surface area contributed by atoms with Crippen molar-refractivity contribution in [2.45, 2.75) is 30.3 Å².